The summed E-state index contributed by atoms with van der Waals surface area (Å²) in [6.45, 7) is 0. The molecule has 1 aromatic rings. The lowest BCUT2D eigenvalue weighted by Crippen LogP contribution is -2.23. The molecule has 0 saturated heterocycles. The molecular weight excluding hydrogens is 262 g/mol. The largest absolute Gasteiger partial charge is 0.325 e. The molecule has 2 aliphatic rings. The topological polar surface area (TPSA) is 26.0 Å². The average molecular weight is 280 g/mol. The maximum Gasteiger partial charge on any atom is 0.0175 e. The number of halogens is 1. The van der Waals surface area contributed by atoms with Crippen LogP contribution in [0.2, 0.25) is 0 Å². The summed E-state index contributed by atoms with van der Waals surface area (Å²) in [5.74, 6) is 0. The van der Waals surface area contributed by atoms with Crippen molar-refractivity contribution in [2.75, 3.05) is 0 Å². The molecule has 0 bridgehead atoms. The molecule has 0 aliphatic heterocycles. The first-order valence-corrected chi connectivity index (χ1v) is 6.96. The normalized spacial score (nSPS) is 24.1. The number of benzene rings is 1. The summed E-state index contributed by atoms with van der Waals surface area (Å²) < 4.78 is 1.17. The second-order valence-corrected chi connectivity index (χ2v) is 6.57. The molecule has 0 radical (unpaired) electrons. The number of nitrogens with two attached hydrogens (primary N) is 1. The van der Waals surface area contributed by atoms with E-state index in [4.69, 9.17) is 5.73 Å². The fourth-order valence-corrected chi connectivity index (χ4v) is 2.80. The van der Waals surface area contributed by atoms with Crippen molar-refractivity contribution in [1.82, 2.24) is 0 Å². The molecule has 2 heteroatoms. The first-order valence-electron chi connectivity index (χ1n) is 6.17. The van der Waals surface area contributed by atoms with Gasteiger partial charge >= 0.3 is 0 Å². The van der Waals surface area contributed by atoms with Gasteiger partial charge in [0.05, 0.1) is 0 Å². The second kappa shape index (κ2) is 3.58. The summed E-state index contributed by atoms with van der Waals surface area (Å²) in [6, 6.07) is 8.86. The van der Waals surface area contributed by atoms with Crippen LogP contribution in [0.15, 0.2) is 28.7 Å². The summed E-state index contributed by atoms with van der Waals surface area (Å²) >= 11 is 3.49. The van der Waals surface area contributed by atoms with Gasteiger partial charge in [0.15, 0.2) is 0 Å². The SMILES string of the molecule is NC1(CCC2(c3ccc(Br)cc3)CC2)CC1. The summed E-state index contributed by atoms with van der Waals surface area (Å²) in [4.78, 5) is 0. The van der Waals surface area contributed by atoms with Crippen molar-refractivity contribution in [3.63, 3.8) is 0 Å². The molecule has 2 saturated carbocycles. The number of hydrogen-bond acceptors (Lipinski definition) is 1. The van der Waals surface area contributed by atoms with Gasteiger partial charge in [0, 0.05) is 10.0 Å². The van der Waals surface area contributed by atoms with E-state index in [0.717, 1.165) is 0 Å². The van der Waals surface area contributed by atoms with Crippen LogP contribution in [-0.4, -0.2) is 5.54 Å². The Morgan fingerprint density at radius 1 is 1.00 bits per heavy atom. The Balaban J connectivity index is 1.70. The average Bonchev–Trinajstić information content (AvgIpc) is 3.15. The van der Waals surface area contributed by atoms with Crippen LogP contribution in [0, 0.1) is 0 Å². The summed E-state index contributed by atoms with van der Waals surface area (Å²) in [6.07, 6.45) is 7.68. The molecule has 0 spiro atoms. The van der Waals surface area contributed by atoms with Crippen LogP contribution in [0.5, 0.6) is 0 Å². The monoisotopic (exact) mass is 279 g/mol. The zero-order valence-corrected chi connectivity index (χ0v) is 11.1. The van der Waals surface area contributed by atoms with Gasteiger partial charge in [-0.05, 0) is 61.6 Å². The third-order valence-corrected chi connectivity index (χ3v) is 4.83. The molecule has 2 N–H and O–H groups in total. The van der Waals surface area contributed by atoms with Gasteiger partial charge in [-0.3, -0.25) is 0 Å². The third kappa shape index (κ3) is 2.05. The zero-order chi connectivity index (χ0) is 11.2. The van der Waals surface area contributed by atoms with Crippen LogP contribution in [0.3, 0.4) is 0 Å². The standard InChI is InChI=1S/C14H18BrN/c15-12-3-1-11(2-4-12)13(5-6-13)7-8-14(16)9-10-14/h1-4H,5-10,16H2. The smallest absolute Gasteiger partial charge is 0.0175 e. The van der Waals surface area contributed by atoms with E-state index >= 15 is 0 Å². The van der Waals surface area contributed by atoms with Gasteiger partial charge in [0.1, 0.15) is 0 Å². The summed E-state index contributed by atoms with van der Waals surface area (Å²) in [5.41, 5.74) is 8.39. The molecule has 0 atom stereocenters. The lowest BCUT2D eigenvalue weighted by atomic mass is 9.89. The third-order valence-electron chi connectivity index (χ3n) is 4.30. The Morgan fingerprint density at radius 3 is 2.12 bits per heavy atom. The Bertz CT molecular complexity index is 388. The van der Waals surface area contributed by atoms with Gasteiger partial charge < -0.3 is 5.73 Å². The maximum atomic E-state index is 6.18. The Hall–Kier alpha value is -0.340. The van der Waals surface area contributed by atoms with Crippen LogP contribution >= 0.6 is 15.9 Å². The van der Waals surface area contributed by atoms with Crippen molar-refractivity contribution in [2.24, 2.45) is 5.73 Å². The lowest BCUT2D eigenvalue weighted by Gasteiger charge is -2.18. The highest BCUT2D eigenvalue weighted by Gasteiger charge is 2.47. The molecule has 1 aromatic carbocycles. The number of rotatable bonds is 4. The molecule has 2 aliphatic carbocycles. The van der Waals surface area contributed by atoms with Crippen molar-refractivity contribution >= 4 is 15.9 Å². The zero-order valence-electron chi connectivity index (χ0n) is 9.51. The molecule has 0 heterocycles. The summed E-state index contributed by atoms with van der Waals surface area (Å²) in [7, 11) is 0. The highest BCUT2D eigenvalue weighted by molar-refractivity contribution is 9.10. The fourth-order valence-electron chi connectivity index (χ4n) is 2.54. The Kier molecular flexibility index (Phi) is 2.41. The first-order chi connectivity index (χ1) is 7.62. The van der Waals surface area contributed by atoms with Crippen molar-refractivity contribution < 1.29 is 0 Å². The summed E-state index contributed by atoms with van der Waals surface area (Å²) in [5, 5.41) is 0. The molecular formula is C14H18BrN. The predicted molar refractivity (Wildman–Crippen MR) is 70.4 cm³/mol. The van der Waals surface area contributed by atoms with Gasteiger partial charge in [-0.2, -0.15) is 0 Å². The predicted octanol–water partition coefficient (Wildman–Crippen LogP) is 3.75. The second-order valence-electron chi connectivity index (χ2n) is 5.65. The van der Waals surface area contributed by atoms with E-state index < -0.39 is 0 Å². The maximum absolute atomic E-state index is 6.18. The highest BCUT2D eigenvalue weighted by Crippen LogP contribution is 2.54. The van der Waals surface area contributed by atoms with E-state index in [2.05, 4.69) is 40.2 Å². The fraction of sp³-hybridized carbons (Fsp3) is 0.571. The minimum Gasteiger partial charge on any atom is -0.325 e. The van der Waals surface area contributed by atoms with E-state index in [9.17, 15) is 0 Å². The van der Waals surface area contributed by atoms with Crippen LogP contribution in [0.1, 0.15) is 44.1 Å². The Morgan fingerprint density at radius 2 is 1.62 bits per heavy atom. The highest BCUT2D eigenvalue weighted by atomic mass is 79.9. The molecule has 2 fully saturated rings. The lowest BCUT2D eigenvalue weighted by molar-refractivity contribution is 0.503. The molecule has 86 valence electrons. The first kappa shape index (κ1) is 10.8. The van der Waals surface area contributed by atoms with E-state index in [1.54, 1.807) is 0 Å². The van der Waals surface area contributed by atoms with E-state index in [1.807, 2.05) is 0 Å². The molecule has 0 unspecified atom stereocenters. The van der Waals surface area contributed by atoms with Gasteiger partial charge in [0.25, 0.3) is 0 Å². The van der Waals surface area contributed by atoms with Crippen molar-refractivity contribution in [2.45, 2.75) is 49.5 Å². The van der Waals surface area contributed by atoms with Crippen molar-refractivity contribution in [1.29, 1.82) is 0 Å². The van der Waals surface area contributed by atoms with E-state index in [0.29, 0.717) is 5.41 Å². The molecule has 16 heavy (non-hydrogen) atoms. The number of hydrogen-bond donors (Lipinski definition) is 1. The minimum atomic E-state index is 0.213. The van der Waals surface area contributed by atoms with Crippen LogP contribution in [-0.2, 0) is 5.41 Å². The minimum absolute atomic E-state index is 0.213. The van der Waals surface area contributed by atoms with Crippen LogP contribution < -0.4 is 5.73 Å². The van der Waals surface area contributed by atoms with Crippen LogP contribution in [0.25, 0.3) is 0 Å². The van der Waals surface area contributed by atoms with Gasteiger partial charge in [-0.25, -0.2) is 0 Å². The molecule has 0 aromatic heterocycles. The van der Waals surface area contributed by atoms with Gasteiger partial charge in [-0.1, -0.05) is 28.1 Å². The van der Waals surface area contributed by atoms with E-state index in [1.165, 1.54) is 48.6 Å². The van der Waals surface area contributed by atoms with Crippen molar-refractivity contribution in [3.8, 4) is 0 Å². The molecule has 0 amide bonds. The molecule has 1 nitrogen and oxygen atoms in total. The molecule has 3 rings (SSSR count). The van der Waals surface area contributed by atoms with Gasteiger partial charge in [-0.15, -0.1) is 0 Å². The van der Waals surface area contributed by atoms with E-state index in [-0.39, 0.29) is 5.54 Å². The quantitative estimate of drug-likeness (QED) is 0.893. The Labute approximate surface area is 106 Å². The van der Waals surface area contributed by atoms with Gasteiger partial charge in [0.2, 0.25) is 0 Å². The van der Waals surface area contributed by atoms with Crippen molar-refractivity contribution in [3.05, 3.63) is 34.3 Å². The van der Waals surface area contributed by atoms with Crippen LogP contribution in [0.4, 0.5) is 0 Å².